The molecule has 0 spiro atoms. The van der Waals surface area contributed by atoms with Gasteiger partial charge in [-0.3, -0.25) is 4.99 Å². The fourth-order valence-electron chi connectivity index (χ4n) is 0.941. The third-order valence-electron chi connectivity index (χ3n) is 1.61. The second kappa shape index (κ2) is 0.943. The Labute approximate surface area is 48.4 Å². The highest BCUT2D eigenvalue weighted by molar-refractivity contribution is 6.15. The highest BCUT2D eigenvalue weighted by Gasteiger charge is 2.38. The van der Waals surface area contributed by atoms with Crippen LogP contribution in [-0.4, -0.2) is 11.3 Å². The van der Waals surface area contributed by atoms with Crippen LogP contribution in [-0.2, 0) is 0 Å². The maximum Gasteiger partial charge on any atom is 0.118 e. The molecule has 1 aliphatic carbocycles. The highest BCUT2D eigenvalue weighted by atomic mass is 15.0. The van der Waals surface area contributed by atoms with Crippen LogP contribution in [0.5, 0.6) is 0 Å². The lowest BCUT2D eigenvalue weighted by Gasteiger charge is -1.99. The Morgan fingerprint density at radius 3 is 2.88 bits per heavy atom. The van der Waals surface area contributed by atoms with Gasteiger partial charge in [0.2, 0.25) is 0 Å². The number of rotatable bonds is 0. The van der Waals surface area contributed by atoms with Crippen molar-refractivity contribution >= 4 is 5.71 Å². The van der Waals surface area contributed by atoms with Crippen LogP contribution in [0.15, 0.2) is 29.3 Å². The minimum atomic E-state index is 0.120. The Hall–Kier alpha value is -0.850. The quantitative estimate of drug-likeness (QED) is 0.440. The number of fused-ring (bicyclic) bond motifs is 1. The van der Waals surface area contributed by atoms with Gasteiger partial charge in [0, 0.05) is 0 Å². The second-order valence-electron chi connectivity index (χ2n) is 2.36. The average molecular weight is 105 g/mol. The van der Waals surface area contributed by atoms with Crippen molar-refractivity contribution in [3.8, 4) is 0 Å². The minimum Gasteiger partial charge on any atom is -0.270 e. The van der Waals surface area contributed by atoms with Crippen molar-refractivity contribution in [1.82, 2.24) is 0 Å². The van der Waals surface area contributed by atoms with Crippen LogP contribution in [0.3, 0.4) is 0 Å². The van der Waals surface area contributed by atoms with Crippen LogP contribution in [0, 0.1) is 0 Å². The predicted octanol–water partition coefficient (Wildman–Crippen LogP) is 1.33. The molecule has 1 unspecified atom stereocenters. The monoisotopic (exact) mass is 105 g/mol. The molecule has 8 heavy (non-hydrogen) atoms. The Kier molecular flexibility index (Phi) is 0.480. The third kappa shape index (κ3) is 0.340. The Bertz CT molecular complexity index is 210. The van der Waals surface area contributed by atoms with Crippen LogP contribution >= 0.6 is 0 Å². The first-order valence-corrected chi connectivity index (χ1v) is 2.77. The summed E-state index contributed by atoms with van der Waals surface area (Å²) >= 11 is 0. The third-order valence-corrected chi connectivity index (χ3v) is 1.61. The van der Waals surface area contributed by atoms with Crippen molar-refractivity contribution in [2.24, 2.45) is 4.99 Å². The molecule has 1 atom stereocenters. The van der Waals surface area contributed by atoms with Gasteiger partial charge in [-0.1, -0.05) is 18.2 Å². The van der Waals surface area contributed by atoms with E-state index in [9.17, 15) is 0 Å². The van der Waals surface area contributed by atoms with Gasteiger partial charge in [-0.25, -0.2) is 0 Å². The van der Waals surface area contributed by atoms with E-state index < -0.39 is 0 Å². The molecule has 40 valence electrons. The van der Waals surface area contributed by atoms with Gasteiger partial charge in [0.15, 0.2) is 0 Å². The van der Waals surface area contributed by atoms with E-state index in [0.717, 1.165) is 0 Å². The summed E-state index contributed by atoms with van der Waals surface area (Å²) in [6, 6.07) is 0. The zero-order chi connectivity index (χ0) is 5.61. The van der Waals surface area contributed by atoms with Crippen LogP contribution in [0.4, 0.5) is 0 Å². The van der Waals surface area contributed by atoms with E-state index >= 15 is 0 Å². The Morgan fingerprint density at radius 1 is 1.50 bits per heavy atom. The highest BCUT2D eigenvalue weighted by Crippen LogP contribution is 2.31. The summed E-state index contributed by atoms with van der Waals surface area (Å²) in [6.45, 7) is 2.11. The van der Waals surface area contributed by atoms with Crippen molar-refractivity contribution in [3.63, 3.8) is 0 Å². The zero-order valence-corrected chi connectivity index (χ0v) is 4.76. The predicted molar refractivity (Wildman–Crippen MR) is 34.1 cm³/mol. The standard InChI is InChI=1S/C7H7N/c1-7-5-3-2-4-6(7)8-7/h2-5H,1H3. The molecular formula is C7H7N. The summed E-state index contributed by atoms with van der Waals surface area (Å²) in [4.78, 5) is 4.23. The van der Waals surface area contributed by atoms with Gasteiger partial charge < -0.3 is 0 Å². The molecule has 0 saturated heterocycles. The molecule has 0 aromatic rings. The van der Waals surface area contributed by atoms with Gasteiger partial charge in [-0.05, 0) is 13.0 Å². The van der Waals surface area contributed by atoms with E-state index in [0.29, 0.717) is 0 Å². The van der Waals surface area contributed by atoms with Gasteiger partial charge in [0.05, 0.1) is 5.71 Å². The summed E-state index contributed by atoms with van der Waals surface area (Å²) in [7, 11) is 0. The van der Waals surface area contributed by atoms with E-state index in [1.54, 1.807) is 0 Å². The molecule has 0 bridgehead atoms. The molecule has 1 aliphatic heterocycles. The largest absolute Gasteiger partial charge is 0.270 e. The van der Waals surface area contributed by atoms with Crippen LogP contribution in [0.2, 0.25) is 0 Å². The summed E-state index contributed by atoms with van der Waals surface area (Å²) in [5, 5.41) is 0. The number of hydrogen-bond donors (Lipinski definition) is 0. The summed E-state index contributed by atoms with van der Waals surface area (Å²) in [5.74, 6) is 0. The second-order valence-corrected chi connectivity index (χ2v) is 2.36. The lowest BCUT2D eigenvalue weighted by molar-refractivity contribution is 0.923. The van der Waals surface area contributed by atoms with E-state index in [-0.39, 0.29) is 5.54 Å². The van der Waals surface area contributed by atoms with Crippen molar-refractivity contribution in [1.29, 1.82) is 0 Å². The molecule has 2 aliphatic rings. The van der Waals surface area contributed by atoms with E-state index in [1.807, 2.05) is 12.2 Å². The SMILES string of the molecule is CC12C=CC=CC1=N2. The fourth-order valence-corrected chi connectivity index (χ4v) is 0.941. The van der Waals surface area contributed by atoms with E-state index in [4.69, 9.17) is 0 Å². The average Bonchev–Trinajstić information content (AvgIpc) is 2.39. The van der Waals surface area contributed by atoms with Gasteiger partial charge in [0.25, 0.3) is 0 Å². The maximum atomic E-state index is 4.23. The molecule has 0 aromatic heterocycles. The van der Waals surface area contributed by atoms with Crippen molar-refractivity contribution in [2.75, 3.05) is 0 Å². The van der Waals surface area contributed by atoms with Crippen LogP contribution in [0.1, 0.15) is 6.92 Å². The minimum absolute atomic E-state index is 0.120. The summed E-state index contributed by atoms with van der Waals surface area (Å²) in [6.07, 6.45) is 8.23. The number of nitrogens with zero attached hydrogens (tertiary/aromatic N) is 1. The first kappa shape index (κ1) is 4.07. The summed E-state index contributed by atoms with van der Waals surface area (Å²) in [5.41, 5.74) is 1.34. The molecule has 2 rings (SSSR count). The molecule has 1 heterocycles. The van der Waals surface area contributed by atoms with E-state index in [1.165, 1.54) is 5.71 Å². The molecule has 0 radical (unpaired) electrons. The van der Waals surface area contributed by atoms with Crippen molar-refractivity contribution in [3.05, 3.63) is 24.3 Å². The molecule has 0 aromatic carbocycles. The van der Waals surface area contributed by atoms with Crippen LogP contribution in [0.25, 0.3) is 0 Å². The fraction of sp³-hybridized carbons (Fsp3) is 0.286. The molecule has 1 nitrogen and oxygen atoms in total. The topological polar surface area (TPSA) is 12.4 Å². The molecule has 0 amide bonds. The lowest BCUT2D eigenvalue weighted by atomic mass is 10.0. The van der Waals surface area contributed by atoms with Gasteiger partial charge >= 0.3 is 0 Å². The normalized spacial score (nSPS) is 38.9. The molecule has 0 saturated carbocycles. The van der Waals surface area contributed by atoms with Crippen molar-refractivity contribution < 1.29 is 0 Å². The zero-order valence-electron chi connectivity index (χ0n) is 4.76. The Morgan fingerprint density at radius 2 is 2.38 bits per heavy atom. The smallest absolute Gasteiger partial charge is 0.118 e. The molecule has 0 fully saturated rings. The number of aliphatic imine (C=N–C) groups is 1. The van der Waals surface area contributed by atoms with Gasteiger partial charge in [0.1, 0.15) is 5.54 Å². The van der Waals surface area contributed by atoms with Gasteiger partial charge in [-0.15, -0.1) is 0 Å². The Balaban J connectivity index is 2.40. The first-order valence-electron chi connectivity index (χ1n) is 2.77. The number of allylic oxidation sites excluding steroid dienone is 2. The van der Waals surface area contributed by atoms with E-state index in [2.05, 4.69) is 24.1 Å². The summed E-state index contributed by atoms with van der Waals surface area (Å²) < 4.78 is 0. The molecular weight excluding hydrogens is 98.1 g/mol. The van der Waals surface area contributed by atoms with Gasteiger partial charge in [-0.2, -0.15) is 0 Å². The van der Waals surface area contributed by atoms with Crippen LogP contribution < -0.4 is 0 Å². The molecule has 1 heteroatoms. The lowest BCUT2D eigenvalue weighted by Crippen LogP contribution is -2.09. The maximum absolute atomic E-state index is 4.23. The first-order chi connectivity index (χ1) is 3.81. The van der Waals surface area contributed by atoms with Crippen molar-refractivity contribution in [2.45, 2.75) is 12.5 Å². The molecule has 0 N–H and O–H groups in total. The number of hydrogen-bond acceptors (Lipinski definition) is 1.